The summed E-state index contributed by atoms with van der Waals surface area (Å²) in [7, 11) is 0. The molecule has 0 heterocycles. The van der Waals surface area contributed by atoms with Gasteiger partial charge in [0.15, 0.2) is 5.78 Å². The van der Waals surface area contributed by atoms with Crippen molar-refractivity contribution in [2.45, 2.75) is 19.4 Å². The zero-order valence-corrected chi connectivity index (χ0v) is 17.7. The van der Waals surface area contributed by atoms with Crippen LogP contribution in [0.4, 0.5) is 0 Å². The molecule has 0 bridgehead atoms. The molecule has 0 unspecified atom stereocenters. The SMILES string of the molecule is CCN(C(=O)c1cc(O)c2c(c1)C(=O)c1cccc(O)c1C2=O)[C@@H](CCSC)C(=O)O. The lowest BCUT2D eigenvalue weighted by Crippen LogP contribution is -2.45. The molecule has 3 rings (SSSR count). The van der Waals surface area contributed by atoms with Gasteiger partial charge in [-0.05, 0) is 43.6 Å². The minimum Gasteiger partial charge on any atom is -0.507 e. The van der Waals surface area contributed by atoms with Crippen LogP contribution in [0.15, 0.2) is 30.3 Å². The van der Waals surface area contributed by atoms with Gasteiger partial charge in [-0.15, -0.1) is 0 Å². The van der Waals surface area contributed by atoms with Gasteiger partial charge in [-0.3, -0.25) is 14.4 Å². The lowest BCUT2D eigenvalue weighted by molar-refractivity contribution is -0.142. The quantitative estimate of drug-likeness (QED) is 0.508. The van der Waals surface area contributed by atoms with Gasteiger partial charge >= 0.3 is 5.97 Å². The van der Waals surface area contributed by atoms with Crippen LogP contribution in [0, 0.1) is 0 Å². The van der Waals surface area contributed by atoms with Gasteiger partial charge in [0.05, 0.1) is 11.1 Å². The number of hydrogen-bond donors (Lipinski definition) is 3. The van der Waals surface area contributed by atoms with E-state index in [4.69, 9.17) is 0 Å². The largest absolute Gasteiger partial charge is 0.507 e. The second-order valence-corrected chi connectivity index (χ2v) is 7.99. The van der Waals surface area contributed by atoms with Crippen molar-refractivity contribution in [2.24, 2.45) is 0 Å². The summed E-state index contributed by atoms with van der Waals surface area (Å²) < 4.78 is 0. The number of amides is 1. The van der Waals surface area contributed by atoms with E-state index in [9.17, 15) is 34.5 Å². The number of aromatic hydroxyl groups is 2. The average Bonchev–Trinajstić information content (AvgIpc) is 2.73. The van der Waals surface area contributed by atoms with Crippen LogP contribution in [-0.4, -0.2) is 68.3 Å². The van der Waals surface area contributed by atoms with Crippen LogP contribution < -0.4 is 0 Å². The molecule has 0 spiro atoms. The maximum atomic E-state index is 13.1. The van der Waals surface area contributed by atoms with E-state index < -0.39 is 35.2 Å². The highest BCUT2D eigenvalue weighted by Gasteiger charge is 2.36. The predicted octanol–water partition coefficient (Wildman–Crippen LogP) is 2.54. The number of carboxylic acids is 1. The van der Waals surface area contributed by atoms with Gasteiger partial charge in [-0.2, -0.15) is 11.8 Å². The minimum absolute atomic E-state index is 0.0303. The molecule has 1 aliphatic rings. The van der Waals surface area contributed by atoms with Crippen molar-refractivity contribution < 1.29 is 34.5 Å². The highest BCUT2D eigenvalue weighted by atomic mass is 32.2. The minimum atomic E-state index is -1.15. The molecule has 0 saturated carbocycles. The molecule has 1 atom stereocenters. The number of thioether (sulfide) groups is 1. The Kier molecular flexibility index (Phi) is 6.35. The predicted molar refractivity (Wildman–Crippen MR) is 114 cm³/mol. The highest BCUT2D eigenvalue weighted by molar-refractivity contribution is 7.98. The lowest BCUT2D eigenvalue weighted by Gasteiger charge is -2.28. The number of carbonyl (C=O) groups excluding carboxylic acids is 3. The summed E-state index contributed by atoms with van der Waals surface area (Å²) in [5, 5.41) is 30.1. The molecule has 0 aromatic heterocycles. The number of fused-ring (bicyclic) bond motifs is 2. The summed E-state index contributed by atoms with van der Waals surface area (Å²) >= 11 is 1.46. The summed E-state index contributed by atoms with van der Waals surface area (Å²) in [6, 6.07) is 5.24. The van der Waals surface area contributed by atoms with Gasteiger partial charge < -0.3 is 20.2 Å². The summed E-state index contributed by atoms with van der Waals surface area (Å²) in [5.74, 6) is -3.60. The van der Waals surface area contributed by atoms with Gasteiger partial charge in [0.1, 0.15) is 17.5 Å². The van der Waals surface area contributed by atoms with Crippen LogP contribution in [-0.2, 0) is 4.79 Å². The third kappa shape index (κ3) is 3.88. The molecule has 0 saturated heterocycles. The smallest absolute Gasteiger partial charge is 0.326 e. The van der Waals surface area contributed by atoms with Crippen molar-refractivity contribution in [3.63, 3.8) is 0 Å². The maximum Gasteiger partial charge on any atom is 0.326 e. The first-order valence-electron chi connectivity index (χ1n) is 9.54. The molecule has 2 aromatic carbocycles. The van der Waals surface area contributed by atoms with Crippen LogP contribution in [0.5, 0.6) is 11.5 Å². The summed E-state index contributed by atoms with van der Waals surface area (Å²) in [4.78, 5) is 51.8. The topological polar surface area (TPSA) is 132 Å². The first-order chi connectivity index (χ1) is 14.7. The second kappa shape index (κ2) is 8.81. The molecule has 8 nitrogen and oxygen atoms in total. The fourth-order valence-corrected chi connectivity index (χ4v) is 4.18. The van der Waals surface area contributed by atoms with E-state index in [2.05, 4.69) is 0 Å². The molecule has 9 heteroatoms. The second-order valence-electron chi connectivity index (χ2n) is 7.00. The third-order valence-corrected chi connectivity index (χ3v) is 5.85. The number of phenolic OH excluding ortho intramolecular Hbond substituents is 2. The van der Waals surface area contributed by atoms with Crippen molar-refractivity contribution in [1.82, 2.24) is 4.90 Å². The van der Waals surface area contributed by atoms with Gasteiger partial charge in [0.2, 0.25) is 5.78 Å². The Balaban J connectivity index is 2.07. The van der Waals surface area contributed by atoms with Crippen molar-refractivity contribution in [3.05, 3.63) is 58.1 Å². The Hall–Kier alpha value is -3.33. The molecule has 1 aliphatic carbocycles. The van der Waals surface area contributed by atoms with E-state index >= 15 is 0 Å². The first kappa shape index (κ1) is 22.4. The van der Waals surface area contributed by atoms with Gasteiger partial charge in [0, 0.05) is 23.2 Å². The molecule has 2 aromatic rings. The molecule has 0 radical (unpaired) electrons. The monoisotopic (exact) mass is 443 g/mol. The van der Waals surface area contributed by atoms with Crippen LogP contribution in [0.2, 0.25) is 0 Å². The number of ketones is 2. The van der Waals surface area contributed by atoms with E-state index in [-0.39, 0.29) is 46.5 Å². The number of hydrogen-bond acceptors (Lipinski definition) is 7. The summed E-state index contributed by atoms with van der Waals surface area (Å²) in [6.45, 7) is 1.74. The highest BCUT2D eigenvalue weighted by Crippen LogP contribution is 2.37. The third-order valence-electron chi connectivity index (χ3n) is 5.21. The van der Waals surface area contributed by atoms with E-state index in [0.717, 1.165) is 11.0 Å². The number of phenols is 2. The number of carbonyl (C=O) groups is 4. The number of carboxylic acid groups (broad SMARTS) is 1. The number of rotatable bonds is 7. The first-order valence-corrected chi connectivity index (χ1v) is 10.9. The van der Waals surface area contributed by atoms with Gasteiger partial charge in [-0.1, -0.05) is 12.1 Å². The average molecular weight is 443 g/mol. The number of aliphatic carboxylic acids is 1. The molecular weight excluding hydrogens is 422 g/mol. The van der Waals surface area contributed by atoms with Crippen LogP contribution in [0.1, 0.15) is 55.5 Å². The Morgan fingerprint density at radius 3 is 2.32 bits per heavy atom. The van der Waals surface area contributed by atoms with Crippen LogP contribution >= 0.6 is 11.8 Å². The molecule has 162 valence electrons. The van der Waals surface area contributed by atoms with E-state index in [1.807, 2.05) is 6.26 Å². The Labute approximate surface area is 182 Å². The standard InChI is InChI=1S/C22H21NO7S/c1-3-23(14(22(29)30)7-8-31-2)21(28)11-9-13-18(16(25)10-11)20(27)17-12(19(13)26)5-4-6-15(17)24/h4-6,9-10,14,24-25H,3,7-8H2,1-2H3,(H,29,30)/t14-/m0/s1. The molecule has 3 N–H and O–H groups in total. The van der Waals surface area contributed by atoms with E-state index in [1.54, 1.807) is 6.92 Å². The molecular formula is C22H21NO7S. The van der Waals surface area contributed by atoms with E-state index in [1.165, 1.54) is 36.0 Å². The fourth-order valence-electron chi connectivity index (χ4n) is 3.72. The number of likely N-dealkylation sites (N-methyl/N-ethyl adjacent to an activating group) is 1. The Morgan fingerprint density at radius 2 is 1.71 bits per heavy atom. The molecule has 1 amide bonds. The van der Waals surface area contributed by atoms with Gasteiger partial charge in [0.25, 0.3) is 5.91 Å². The Bertz CT molecular complexity index is 1100. The maximum absolute atomic E-state index is 13.1. The number of benzene rings is 2. The normalized spacial score (nSPS) is 13.4. The lowest BCUT2D eigenvalue weighted by atomic mass is 9.82. The van der Waals surface area contributed by atoms with Crippen molar-refractivity contribution in [2.75, 3.05) is 18.6 Å². The zero-order chi connectivity index (χ0) is 22.9. The number of nitrogens with zero attached hydrogens (tertiary/aromatic N) is 1. The van der Waals surface area contributed by atoms with Crippen LogP contribution in [0.25, 0.3) is 0 Å². The van der Waals surface area contributed by atoms with E-state index in [0.29, 0.717) is 5.75 Å². The molecule has 0 aliphatic heterocycles. The van der Waals surface area contributed by atoms with Crippen molar-refractivity contribution in [3.8, 4) is 11.5 Å². The summed E-state index contributed by atoms with van der Waals surface area (Å²) in [5.41, 5.74) is -0.794. The summed E-state index contributed by atoms with van der Waals surface area (Å²) in [6.07, 6.45) is 2.06. The van der Waals surface area contributed by atoms with Crippen molar-refractivity contribution >= 4 is 35.2 Å². The zero-order valence-electron chi connectivity index (χ0n) is 16.9. The van der Waals surface area contributed by atoms with Gasteiger partial charge in [-0.25, -0.2) is 4.79 Å². The molecule has 31 heavy (non-hydrogen) atoms. The fraction of sp³-hybridized carbons (Fsp3) is 0.273. The van der Waals surface area contributed by atoms with Crippen molar-refractivity contribution in [1.29, 1.82) is 0 Å². The molecule has 0 fully saturated rings. The van der Waals surface area contributed by atoms with Crippen LogP contribution in [0.3, 0.4) is 0 Å². The Morgan fingerprint density at radius 1 is 1.03 bits per heavy atom.